The lowest BCUT2D eigenvalue weighted by Gasteiger charge is -1.96. The van der Waals surface area contributed by atoms with Gasteiger partial charge >= 0.3 is 0 Å². The maximum absolute atomic E-state index is 5.04. The van der Waals surface area contributed by atoms with Gasteiger partial charge in [-0.15, -0.1) is 11.8 Å². The number of hydrogen-bond acceptors (Lipinski definition) is 1. The smallest absolute Gasteiger partial charge is 0.0805 e. The summed E-state index contributed by atoms with van der Waals surface area (Å²) in [6.07, 6.45) is 3.26. The molecular formula is C9H15O. The molecule has 1 heteroatoms. The molecule has 0 heterocycles. The molecule has 0 aromatic carbocycles. The molecule has 0 rings (SSSR count). The molecule has 0 saturated carbocycles. The standard InChI is InChI=1S/C9H15O/c1-3-5-6-7-8-9-10-4-2/h4H,6-9H2,1-2H3. The maximum Gasteiger partial charge on any atom is 0.0805 e. The Morgan fingerprint density at radius 1 is 1.40 bits per heavy atom. The molecule has 57 valence electrons. The fourth-order valence-electron chi connectivity index (χ4n) is 0.642. The third-order valence-corrected chi connectivity index (χ3v) is 1.16. The molecule has 0 spiro atoms. The Morgan fingerprint density at radius 3 is 2.80 bits per heavy atom. The van der Waals surface area contributed by atoms with Crippen LogP contribution in [0.1, 0.15) is 33.1 Å². The van der Waals surface area contributed by atoms with Gasteiger partial charge in [0, 0.05) is 13.0 Å². The Morgan fingerprint density at radius 2 is 2.20 bits per heavy atom. The minimum Gasteiger partial charge on any atom is -0.376 e. The van der Waals surface area contributed by atoms with Gasteiger partial charge in [-0.1, -0.05) is 0 Å². The van der Waals surface area contributed by atoms with Crippen LogP contribution in [0.5, 0.6) is 0 Å². The molecule has 0 unspecified atom stereocenters. The van der Waals surface area contributed by atoms with Crippen molar-refractivity contribution in [3.63, 3.8) is 0 Å². The minimum absolute atomic E-state index is 0.835. The minimum atomic E-state index is 0.835. The highest BCUT2D eigenvalue weighted by atomic mass is 16.5. The van der Waals surface area contributed by atoms with Gasteiger partial charge in [0.05, 0.1) is 6.61 Å². The van der Waals surface area contributed by atoms with Crippen molar-refractivity contribution in [3.05, 3.63) is 6.61 Å². The summed E-state index contributed by atoms with van der Waals surface area (Å²) in [5.74, 6) is 5.87. The summed E-state index contributed by atoms with van der Waals surface area (Å²) in [5.41, 5.74) is 0. The van der Waals surface area contributed by atoms with Crippen LogP contribution < -0.4 is 0 Å². The van der Waals surface area contributed by atoms with E-state index in [0.29, 0.717) is 0 Å². The molecule has 10 heavy (non-hydrogen) atoms. The van der Waals surface area contributed by atoms with Crippen LogP contribution in [0.25, 0.3) is 0 Å². The van der Waals surface area contributed by atoms with Gasteiger partial charge in [0.1, 0.15) is 0 Å². The van der Waals surface area contributed by atoms with Crippen molar-refractivity contribution in [2.45, 2.75) is 33.1 Å². The molecule has 1 radical (unpaired) electrons. The van der Waals surface area contributed by atoms with Gasteiger partial charge in [0.25, 0.3) is 0 Å². The molecule has 0 aliphatic rings. The Hall–Kier alpha value is -0.480. The largest absolute Gasteiger partial charge is 0.376 e. The van der Waals surface area contributed by atoms with Crippen molar-refractivity contribution in [2.75, 3.05) is 6.61 Å². The summed E-state index contributed by atoms with van der Waals surface area (Å²) < 4.78 is 5.04. The molecule has 0 amide bonds. The predicted octanol–water partition coefficient (Wildman–Crippen LogP) is 2.38. The summed E-state index contributed by atoms with van der Waals surface area (Å²) >= 11 is 0. The van der Waals surface area contributed by atoms with Crippen LogP contribution in [0.4, 0.5) is 0 Å². The predicted molar refractivity (Wildman–Crippen MR) is 43.2 cm³/mol. The highest BCUT2D eigenvalue weighted by Gasteiger charge is 1.84. The lowest BCUT2D eigenvalue weighted by atomic mass is 10.2. The summed E-state index contributed by atoms with van der Waals surface area (Å²) in [4.78, 5) is 0. The third kappa shape index (κ3) is 7.52. The molecule has 0 aromatic rings. The van der Waals surface area contributed by atoms with Crippen molar-refractivity contribution in [3.8, 4) is 11.8 Å². The van der Waals surface area contributed by atoms with Crippen molar-refractivity contribution in [1.82, 2.24) is 0 Å². The van der Waals surface area contributed by atoms with E-state index >= 15 is 0 Å². The van der Waals surface area contributed by atoms with E-state index in [2.05, 4.69) is 11.8 Å². The SMILES string of the molecule is CC#CCCCCO[CH]C. The zero-order valence-corrected chi connectivity index (χ0v) is 6.81. The molecular weight excluding hydrogens is 124 g/mol. The van der Waals surface area contributed by atoms with Gasteiger partial charge in [-0.05, 0) is 26.7 Å². The summed E-state index contributed by atoms with van der Waals surface area (Å²) in [7, 11) is 0. The van der Waals surface area contributed by atoms with E-state index < -0.39 is 0 Å². The first-order valence-electron chi connectivity index (χ1n) is 3.71. The van der Waals surface area contributed by atoms with E-state index in [1.807, 2.05) is 13.8 Å². The van der Waals surface area contributed by atoms with E-state index in [0.717, 1.165) is 25.9 Å². The van der Waals surface area contributed by atoms with E-state index in [1.165, 1.54) is 0 Å². The topological polar surface area (TPSA) is 9.23 Å². The zero-order chi connectivity index (χ0) is 7.66. The second kappa shape index (κ2) is 8.52. The average Bonchev–Trinajstić information content (AvgIpc) is 1.97. The molecule has 0 aliphatic heterocycles. The van der Waals surface area contributed by atoms with Crippen LogP contribution in [0.3, 0.4) is 0 Å². The van der Waals surface area contributed by atoms with E-state index in [4.69, 9.17) is 4.74 Å². The van der Waals surface area contributed by atoms with Gasteiger partial charge in [-0.25, -0.2) is 0 Å². The van der Waals surface area contributed by atoms with E-state index in [1.54, 1.807) is 6.61 Å². The second-order valence-electron chi connectivity index (χ2n) is 1.99. The quantitative estimate of drug-likeness (QED) is 0.419. The monoisotopic (exact) mass is 139 g/mol. The molecule has 0 N–H and O–H groups in total. The van der Waals surface area contributed by atoms with Crippen molar-refractivity contribution in [2.24, 2.45) is 0 Å². The molecule has 0 atom stereocenters. The summed E-state index contributed by atoms with van der Waals surface area (Å²) in [5, 5.41) is 0. The Bertz CT molecular complexity index is 108. The molecule has 0 saturated heterocycles. The Labute approximate surface area is 63.8 Å². The number of ether oxygens (including phenoxy) is 1. The highest BCUT2D eigenvalue weighted by Crippen LogP contribution is 1.94. The van der Waals surface area contributed by atoms with Crippen LogP contribution in [0, 0.1) is 18.4 Å². The van der Waals surface area contributed by atoms with Crippen molar-refractivity contribution >= 4 is 0 Å². The van der Waals surface area contributed by atoms with E-state index in [9.17, 15) is 0 Å². The van der Waals surface area contributed by atoms with Crippen LogP contribution >= 0.6 is 0 Å². The first-order chi connectivity index (χ1) is 4.91. The van der Waals surface area contributed by atoms with Gasteiger partial charge < -0.3 is 4.74 Å². The van der Waals surface area contributed by atoms with Gasteiger partial charge in [0.2, 0.25) is 0 Å². The Kier molecular flexibility index (Phi) is 8.11. The molecule has 0 fully saturated rings. The molecule has 1 nitrogen and oxygen atoms in total. The number of rotatable bonds is 5. The first kappa shape index (κ1) is 9.52. The highest BCUT2D eigenvalue weighted by molar-refractivity contribution is 4.94. The summed E-state index contributed by atoms with van der Waals surface area (Å²) in [6, 6.07) is 0. The normalized spacial score (nSPS) is 8.60. The van der Waals surface area contributed by atoms with Crippen LogP contribution in [-0.4, -0.2) is 6.61 Å². The van der Waals surface area contributed by atoms with Gasteiger partial charge in [-0.3, -0.25) is 0 Å². The average molecular weight is 139 g/mol. The van der Waals surface area contributed by atoms with Crippen LogP contribution in [-0.2, 0) is 4.74 Å². The third-order valence-electron chi connectivity index (χ3n) is 1.16. The maximum atomic E-state index is 5.04. The lowest BCUT2D eigenvalue weighted by Crippen LogP contribution is -1.88. The van der Waals surface area contributed by atoms with Gasteiger partial charge in [-0.2, -0.15) is 0 Å². The van der Waals surface area contributed by atoms with Crippen LogP contribution in [0.2, 0.25) is 0 Å². The lowest BCUT2D eigenvalue weighted by molar-refractivity contribution is 0.199. The summed E-state index contributed by atoms with van der Waals surface area (Å²) in [6.45, 7) is 6.33. The van der Waals surface area contributed by atoms with Crippen LogP contribution in [0.15, 0.2) is 0 Å². The Balaban J connectivity index is 2.82. The number of hydrogen-bond donors (Lipinski definition) is 0. The fraction of sp³-hybridized carbons (Fsp3) is 0.667. The van der Waals surface area contributed by atoms with E-state index in [-0.39, 0.29) is 0 Å². The van der Waals surface area contributed by atoms with Crippen molar-refractivity contribution < 1.29 is 4.74 Å². The first-order valence-corrected chi connectivity index (χ1v) is 3.71. The zero-order valence-electron chi connectivity index (χ0n) is 6.81. The molecule has 0 bridgehead atoms. The van der Waals surface area contributed by atoms with Crippen molar-refractivity contribution in [1.29, 1.82) is 0 Å². The molecule has 0 aromatic heterocycles. The molecule has 0 aliphatic carbocycles. The second-order valence-corrected chi connectivity index (χ2v) is 1.99. The number of unbranched alkanes of at least 4 members (excludes halogenated alkanes) is 2. The fourth-order valence-corrected chi connectivity index (χ4v) is 0.642. The van der Waals surface area contributed by atoms with Gasteiger partial charge in [0.15, 0.2) is 0 Å².